The summed E-state index contributed by atoms with van der Waals surface area (Å²) in [6.07, 6.45) is 0. The fraction of sp³-hybridized carbons (Fsp3) is 0. The van der Waals surface area contributed by atoms with Gasteiger partial charge >= 0.3 is 0 Å². The number of benzene rings is 2. The zero-order valence-corrected chi connectivity index (χ0v) is 14.5. The number of anilines is 1. The van der Waals surface area contributed by atoms with Crippen molar-refractivity contribution in [3.8, 4) is 0 Å². The molecule has 116 valence electrons. The van der Waals surface area contributed by atoms with Crippen LogP contribution in [0.25, 0.3) is 16.0 Å². The van der Waals surface area contributed by atoms with E-state index in [1.165, 1.54) is 16.2 Å². The number of carbonyl (C=O) groups is 2. The smallest absolute Gasteiger partial charge is 0.277 e. The number of aromatic nitrogens is 2. The summed E-state index contributed by atoms with van der Waals surface area (Å²) >= 11 is 4.62. The van der Waals surface area contributed by atoms with Gasteiger partial charge in [-0.2, -0.15) is 0 Å². The minimum Gasteiger partial charge on any atom is -0.277 e. The van der Waals surface area contributed by atoms with Gasteiger partial charge in [0.2, 0.25) is 0 Å². The fourth-order valence-corrected chi connectivity index (χ4v) is 4.32. The molecule has 4 aromatic rings. The Balaban J connectivity index is 1.75. The molecule has 2 amide bonds. The summed E-state index contributed by atoms with van der Waals surface area (Å²) in [5.41, 5.74) is 2.61. The second-order valence-electron chi connectivity index (χ2n) is 5.42. The molecule has 0 unspecified atom stereocenters. The van der Waals surface area contributed by atoms with Crippen LogP contribution in [0.2, 0.25) is 0 Å². The van der Waals surface area contributed by atoms with Crippen molar-refractivity contribution in [1.82, 2.24) is 9.38 Å². The number of halogens is 1. The third kappa shape index (κ3) is 1.71. The lowest BCUT2D eigenvalue weighted by Crippen LogP contribution is -2.29. The van der Waals surface area contributed by atoms with Crippen LogP contribution >= 0.6 is 27.3 Å². The number of carbonyl (C=O) groups excluding carboxylic acids is 2. The Morgan fingerprint density at radius 2 is 1.71 bits per heavy atom. The maximum atomic E-state index is 13.0. The molecule has 0 spiro atoms. The number of amides is 2. The fourth-order valence-electron chi connectivity index (χ4n) is 2.99. The molecule has 0 saturated carbocycles. The average molecular weight is 398 g/mol. The normalized spacial score (nSPS) is 14.1. The van der Waals surface area contributed by atoms with Gasteiger partial charge in [-0.3, -0.25) is 14.0 Å². The van der Waals surface area contributed by atoms with Crippen LogP contribution in [0.4, 0.5) is 5.69 Å². The number of hydrogen-bond donors (Lipinski definition) is 0. The van der Waals surface area contributed by atoms with Gasteiger partial charge in [0.1, 0.15) is 10.6 Å². The van der Waals surface area contributed by atoms with Crippen LogP contribution in [0.5, 0.6) is 0 Å². The van der Waals surface area contributed by atoms with Gasteiger partial charge in [-0.25, -0.2) is 9.88 Å². The average Bonchev–Trinajstić information content (AvgIpc) is 3.18. The van der Waals surface area contributed by atoms with Gasteiger partial charge in [0, 0.05) is 4.47 Å². The lowest BCUT2D eigenvalue weighted by Gasteiger charge is -2.13. The zero-order chi connectivity index (χ0) is 16.4. The number of hydrogen-bond acceptors (Lipinski definition) is 4. The van der Waals surface area contributed by atoms with Gasteiger partial charge in [-0.05, 0) is 36.4 Å². The van der Waals surface area contributed by atoms with Crippen molar-refractivity contribution in [2.24, 2.45) is 0 Å². The molecule has 1 aliphatic rings. The molecule has 1 aliphatic heterocycles. The van der Waals surface area contributed by atoms with E-state index >= 15 is 0 Å². The van der Waals surface area contributed by atoms with E-state index in [0.29, 0.717) is 21.2 Å². The van der Waals surface area contributed by atoms with Crippen molar-refractivity contribution in [2.75, 3.05) is 4.90 Å². The first-order valence-electron chi connectivity index (χ1n) is 7.19. The SMILES string of the molecule is O=C1c2sc3nc4ccccc4n3c2C(=O)N1c1ccc(Br)cc1. The summed E-state index contributed by atoms with van der Waals surface area (Å²) < 4.78 is 2.68. The van der Waals surface area contributed by atoms with E-state index in [1.807, 2.05) is 36.4 Å². The number of imidazole rings is 1. The van der Waals surface area contributed by atoms with E-state index in [1.54, 1.807) is 16.5 Å². The van der Waals surface area contributed by atoms with Gasteiger partial charge in [-0.1, -0.05) is 39.4 Å². The Morgan fingerprint density at radius 1 is 0.958 bits per heavy atom. The van der Waals surface area contributed by atoms with Gasteiger partial charge in [-0.15, -0.1) is 0 Å². The number of thiazole rings is 1. The van der Waals surface area contributed by atoms with E-state index in [2.05, 4.69) is 20.9 Å². The highest BCUT2D eigenvalue weighted by Gasteiger charge is 2.41. The Bertz CT molecular complexity index is 1160. The Kier molecular flexibility index (Phi) is 2.75. The summed E-state index contributed by atoms with van der Waals surface area (Å²) in [5.74, 6) is -0.608. The zero-order valence-electron chi connectivity index (χ0n) is 12.1. The molecular weight excluding hydrogens is 390 g/mol. The summed E-state index contributed by atoms with van der Waals surface area (Å²) in [7, 11) is 0. The predicted molar refractivity (Wildman–Crippen MR) is 95.9 cm³/mol. The molecule has 2 aromatic carbocycles. The largest absolute Gasteiger partial charge is 0.284 e. The van der Waals surface area contributed by atoms with Crippen molar-refractivity contribution < 1.29 is 9.59 Å². The topological polar surface area (TPSA) is 54.7 Å². The first-order chi connectivity index (χ1) is 11.6. The van der Waals surface area contributed by atoms with Crippen LogP contribution < -0.4 is 4.90 Å². The molecular formula is C17H8BrN3O2S. The molecule has 0 bridgehead atoms. The summed E-state index contributed by atoms with van der Waals surface area (Å²) in [4.78, 5) is 32.6. The molecule has 3 heterocycles. The van der Waals surface area contributed by atoms with E-state index in [0.717, 1.165) is 15.5 Å². The van der Waals surface area contributed by atoms with Crippen molar-refractivity contribution in [2.45, 2.75) is 0 Å². The molecule has 0 atom stereocenters. The standard InChI is InChI=1S/C17H8BrN3O2S/c18-9-5-7-10(8-6-9)20-15(22)13-14(16(20)23)24-17-19-11-3-1-2-4-12(11)21(13)17/h1-8H. The Morgan fingerprint density at radius 3 is 2.50 bits per heavy atom. The van der Waals surface area contributed by atoms with Crippen LogP contribution in [-0.2, 0) is 0 Å². The van der Waals surface area contributed by atoms with Gasteiger partial charge in [0.05, 0.1) is 16.7 Å². The Labute approximate surface area is 148 Å². The highest BCUT2D eigenvalue weighted by molar-refractivity contribution is 9.10. The van der Waals surface area contributed by atoms with E-state index in [-0.39, 0.29) is 11.8 Å². The van der Waals surface area contributed by atoms with Crippen LogP contribution in [0.15, 0.2) is 53.0 Å². The van der Waals surface area contributed by atoms with Crippen LogP contribution in [0.3, 0.4) is 0 Å². The number of para-hydroxylation sites is 2. The van der Waals surface area contributed by atoms with Crippen LogP contribution in [-0.4, -0.2) is 21.2 Å². The summed E-state index contributed by atoms with van der Waals surface area (Å²) in [6, 6.07) is 14.7. The molecule has 0 fully saturated rings. The first-order valence-corrected chi connectivity index (χ1v) is 8.80. The summed E-state index contributed by atoms with van der Waals surface area (Å²) in [6.45, 7) is 0. The van der Waals surface area contributed by atoms with E-state index < -0.39 is 0 Å². The van der Waals surface area contributed by atoms with E-state index in [4.69, 9.17) is 0 Å². The number of nitrogens with zero attached hydrogens (tertiary/aromatic N) is 3. The van der Waals surface area contributed by atoms with Crippen molar-refractivity contribution in [3.63, 3.8) is 0 Å². The highest BCUT2D eigenvalue weighted by atomic mass is 79.9. The van der Waals surface area contributed by atoms with Gasteiger partial charge < -0.3 is 0 Å². The minimum absolute atomic E-state index is 0.295. The summed E-state index contributed by atoms with van der Waals surface area (Å²) in [5, 5.41) is 0. The minimum atomic E-state index is -0.313. The monoisotopic (exact) mass is 397 g/mol. The third-order valence-electron chi connectivity index (χ3n) is 4.05. The lowest BCUT2D eigenvalue weighted by atomic mass is 10.3. The Hall–Kier alpha value is -2.51. The molecule has 0 saturated heterocycles. The third-order valence-corrected chi connectivity index (χ3v) is 5.61. The maximum Gasteiger partial charge on any atom is 0.284 e. The molecule has 0 aliphatic carbocycles. The molecule has 0 N–H and O–H groups in total. The highest BCUT2D eigenvalue weighted by Crippen LogP contribution is 2.36. The molecule has 0 radical (unpaired) electrons. The lowest BCUT2D eigenvalue weighted by molar-refractivity contribution is 0.0925. The van der Waals surface area contributed by atoms with Gasteiger partial charge in [0.15, 0.2) is 4.96 Å². The van der Waals surface area contributed by atoms with E-state index in [9.17, 15) is 9.59 Å². The molecule has 24 heavy (non-hydrogen) atoms. The maximum absolute atomic E-state index is 13.0. The molecule has 2 aromatic heterocycles. The van der Waals surface area contributed by atoms with Crippen molar-refractivity contribution in [1.29, 1.82) is 0 Å². The number of rotatable bonds is 1. The predicted octanol–water partition coefficient (Wildman–Crippen LogP) is 4.11. The number of fused-ring (bicyclic) bond motifs is 5. The molecule has 5 nitrogen and oxygen atoms in total. The molecule has 5 rings (SSSR count). The second-order valence-corrected chi connectivity index (χ2v) is 7.31. The first kappa shape index (κ1) is 13.9. The van der Waals surface area contributed by atoms with Gasteiger partial charge in [0.25, 0.3) is 11.8 Å². The number of imide groups is 1. The quantitative estimate of drug-likeness (QED) is 0.454. The van der Waals surface area contributed by atoms with Crippen molar-refractivity contribution >= 4 is 60.8 Å². The van der Waals surface area contributed by atoms with Crippen molar-refractivity contribution in [3.05, 3.63) is 63.6 Å². The molecule has 7 heteroatoms. The van der Waals surface area contributed by atoms with Crippen LogP contribution in [0.1, 0.15) is 20.2 Å². The second kappa shape index (κ2) is 4.75. The van der Waals surface area contributed by atoms with Crippen LogP contribution in [0, 0.1) is 0 Å².